The second-order valence-corrected chi connectivity index (χ2v) is 10.4. The molecule has 0 bridgehead atoms. The molecule has 1 aromatic heterocycles. The third kappa shape index (κ3) is 4.02. The fourth-order valence-corrected chi connectivity index (χ4v) is 4.99. The first-order chi connectivity index (χ1) is 15.4. The number of benzene rings is 2. The molecule has 1 atom stereocenters. The molecule has 0 unspecified atom stereocenters. The van der Waals surface area contributed by atoms with Crippen molar-refractivity contribution in [1.82, 2.24) is 10.5 Å². The first-order valence-corrected chi connectivity index (χ1v) is 12.6. The lowest BCUT2D eigenvalue weighted by molar-refractivity contribution is 0.0923. The highest BCUT2D eigenvalue weighted by Crippen LogP contribution is 2.33. The van der Waals surface area contributed by atoms with Crippen LogP contribution in [0.3, 0.4) is 0 Å². The molecule has 1 amide bonds. The van der Waals surface area contributed by atoms with Gasteiger partial charge in [0.25, 0.3) is 5.91 Å². The second kappa shape index (κ2) is 8.09. The monoisotopic (exact) mass is 452 g/mol. The van der Waals surface area contributed by atoms with E-state index in [1.807, 2.05) is 24.3 Å². The van der Waals surface area contributed by atoms with Crippen molar-refractivity contribution in [3.8, 4) is 16.9 Å². The van der Waals surface area contributed by atoms with Gasteiger partial charge in [-0.3, -0.25) is 4.79 Å². The maximum absolute atomic E-state index is 12.6. The summed E-state index contributed by atoms with van der Waals surface area (Å²) in [6.45, 7) is 0.382. The molecular formula is C24H24N2O5S. The van der Waals surface area contributed by atoms with Gasteiger partial charge in [0.05, 0.1) is 11.4 Å². The molecule has 166 valence electrons. The summed E-state index contributed by atoms with van der Waals surface area (Å²) in [5, 5.41) is 6.92. The molecule has 5 rings (SSSR count). The fourth-order valence-electron chi connectivity index (χ4n) is 4.36. The number of aryl methyl sites for hydroxylation is 1. The summed E-state index contributed by atoms with van der Waals surface area (Å²) >= 11 is 0. The highest BCUT2D eigenvalue weighted by atomic mass is 32.2. The Morgan fingerprint density at radius 2 is 1.84 bits per heavy atom. The first kappa shape index (κ1) is 20.8. The van der Waals surface area contributed by atoms with Crippen LogP contribution in [0.4, 0.5) is 0 Å². The molecule has 3 aromatic rings. The molecule has 7 nitrogen and oxygen atoms in total. The summed E-state index contributed by atoms with van der Waals surface area (Å²) in [5.74, 6) is 1.42. The van der Waals surface area contributed by atoms with Crippen LogP contribution >= 0.6 is 0 Å². The van der Waals surface area contributed by atoms with E-state index in [4.69, 9.17) is 9.26 Å². The van der Waals surface area contributed by atoms with Crippen LogP contribution < -0.4 is 10.1 Å². The lowest BCUT2D eigenvalue weighted by Gasteiger charge is -2.12. The molecule has 8 heteroatoms. The Labute approximate surface area is 186 Å². The Morgan fingerprint density at radius 1 is 1.09 bits per heavy atom. The highest BCUT2D eigenvalue weighted by Gasteiger charge is 2.27. The van der Waals surface area contributed by atoms with Gasteiger partial charge >= 0.3 is 0 Å². The van der Waals surface area contributed by atoms with Crippen molar-refractivity contribution in [2.24, 2.45) is 0 Å². The normalized spacial score (nSPS) is 17.3. The summed E-state index contributed by atoms with van der Waals surface area (Å²) in [6, 6.07) is 12.8. The van der Waals surface area contributed by atoms with Gasteiger partial charge in [-0.25, -0.2) is 8.42 Å². The van der Waals surface area contributed by atoms with E-state index < -0.39 is 9.84 Å². The summed E-state index contributed by atoms with van der Waals surface area (Å²) in [7, 11) is -3.22. The lowest BCUT2D eigenvalue weighted by Crippen LogP contribution is -2.35. The van der Waals surface area contributed by atoms with Crippen molar-refractivity contribution in [1.29, 1.82) is 0 Å². The second-order valence-electron chi connectivity index (χ2n) is 8.41. The number of hydrogen-bond donors (Lipinski definition) is 1. The molecule has 2 heterocycles. The first-order valence-electron chi connectivity index (χ1n) is 10.7. The van der Waals surface area contributed by atoms with Crippen molar-refractivity contribution >= 4 is 15.7 Å². The summed E-state index contributed by atoms with van der Waals surface area (Å²) in [5.41, 5.74) is 4.33. The van der Waals surface area contributed by atoms with Crippen LogP contribution in [0.2, 0.25) is 0 Å². The molecule has 2 aromatic carbocycles. The SMILES string of the molecule is CS(=O)(=O)c1ccc(-c2ccc3c(c2)C[C@H](CNC(=O)c2noc4c2CCCC4)O3)cc1. The number of carbonyl (C=O) groups is 1. The van der Waals surface area contributed by atoms with Crippen molar-refractivity contribution < 1.29 is 22.5 Å². The summed E-state index contributed by atoms with van der Waals surface area (Å²) in [6.07, 6.45) is 5.53. The number of nitrogens with one attached hydrogen (secondary N) is 1. The van der Waals surface area contributed by atoms with Gasteiger partial charge in [0.15, 0.2) is 15.5 Å². The van der Waals surface area contributed by atoms with E-state index in [1.54, 1.807) is 12.1 Å². The summed E-state index contributed by atoms with van der Waals surface area (Å²) in [4.78, 5) is 12.9. The zero-order chi connectivity index (χ0) is 22.3. The van der Waals surface area contributed by atoms with Gasteiger partial charge in [0.1, 0.15) is 17.6 Å². The Bertz CT molecular complexity index is 1280. The van der Waals surface area contributed by atoms with Gasteiger partial charge in [0.2, 0.25) is 0 Å². The number of ether oxygens (including phenoxy) is 1. The van der Waals surface area contributed by atoms with Crippen LogP contribution in [-0.2, 0) is 29.1 Å². The molecule has 2 aliphatic rings. The number of hydrogen-bond acceptors (Lipinski definition) is 6. The molecule has 1 N–H and O–H groups in total. The minimum Gasteiger partial charge on any atom is -0.488 e. The van der Waals surface area contributed by atoms with E-state index >= 15 is 0 Å². The molecule has 0 saturated carbocycles. The number of aromatic nitrogens is 1. The molecule has 32 heavy (non-hydrogen) atoms. The zero-order valence-electron chi connectivity index (χ0n) is 17.8. The van der Waals surface area contributed by atoms with Crippen molar-refractivity contribution in [3.63, 3.8) is 0 Å². The number of carbonyl (C=O) groups excluding carboxylic acids is 1. The van der Waals surface area contributed by atoms with E-state index in [1.165, 1.54) is 6.26 Å². The van der Waals surface area contributed by atoms with E-state index in [0.717, 1.165) is 59.4 Å². The Morgan fingerprint density at radius 3 is 2.62 bits per heavy atom. The number of amides is 1. The predicted molar refractivity (Wildman–Crippen MR) is 119 cm³/mol. The maximum Gasteiger partial charge on any atom is 0.273 e. The van der Waals surface area contributed by atoms with Crippen LogP contribution in [0.1, 0.15) is 40.2 Å². The van der Waals surface area contributed by atoms with E-state index in [2.05, 4.69) is 16.5 Å². The largest absolute Gasteiger partial charge is 0.488 e. The van der Waals surface area contributed by atoms with Crippen LogP contribution in [0.15, 0.2) is 51.9 Å². The Kier molecular flexibility index (Phi) is 5.25. The molecule has 0 saturated heterocycles. The minimum absolute atomic E-state index is 0.153. The summed E-state index contributed by atoms with van der Waals surface area (Å²) < 4.78 is 34.7. The van der Waals surface area contributed by atoms with Gasteiger partial charge in [0, 0.05) is 24.7 Å². The van der Waals surface area contributed by atoms with Crippen molar-refractivity contribution in [2.45, 2.75) is 43.1 Å². The van der Waals surface area contributed by atoms with Crippen LogP contribution in [0, 0.1) is 0 Å². The highest BCUT2D eigenvalue weighted by molar-refractivity contribution is 7.90. The quantitative estimate of drug-likeness (QED) is 0.637. The van der Waals surface area contributed by atoms with E-state index in [0.29, 0.717) is 23.6 Å². The van der Waals surface area contributed by atoms with E-state index in [9.17, 15) is 13.2 Å². The van der Waals surface area contributed by atoms with Gasteiger partial charge in [-0.2, -0.15) is 0 Å². The minimum atomic E-state index is -3.22. The predicted octanol–water partition coefficient (Wildman–Crippen LogP) is 3.36. The average molecular weight is 453 g/mol. The van der Waals surface area contributed by atoms with Gasteiger partial charge < -0.3 is 14.6 Å². The van der Waals surface area contributed by atoms with Gasteiger partial charge in [-0.15, -0.1) is 0 Å². The maximum atomic E-state index is 12.6. The van der Waals surface area contributed by atoms with Gasteiger partial charge in [-0.05, 0) is 60.2 Å². The molecule has 0 spiro atoms. The number of nitrogens with zero attached hydrogens (tertiary/aromatic N) is 1. The third-order valence-electron chi connectivity index (χ3n) is 6.07. The average Bonchev–Trinajstić information content (AvgIpc) is 3.40. The topological polar surface area (TPSA) is 98.5 Å². The molecule has 1 aliphatic carbocycles. The number of rotatable bonds is 5. The smallest absolute Gasteiger partial charge is 0.273 e. The molecule has 1 aliphatic heterocycles. The van der Waals surface area contributed by atoms with E-state index in [-0.39, 0.29) is 12.0 Å². The van der Waals surface area contributed by atoms with Crippen LogP contribution in [-0.4, -0.2) is 38.4 Å². The lowest BCUT2D eigenvalue weighted by atomic mass is 9.96. The van der Waals surface area contributed by atoms with Crippen LogP contribution in [0.25, 0.3) is 11.1 Å². The molecular weight excluding hydrogens is 428 g/mol. The van der Waals surface area contributed by atoms with Gasteiger partial charge in [-0.1, -0.05) is 23.4 Å². The van der Waals surface area contributed by atoms with Crippen molar-refractivity contribution in [3.05, 3.63) is 65.0 Å². The zero-order valence-corrected chi connectivity index (χ0v) is 18.6. The Balaban J connectivity index is 1.24. The fraction of sp³-hybridized carbons (Fsp3) is 0.333. The number of sulfone groups is 1. The van der Waals surface area contributed by atoms with Crippen LogP contribution in [0.5, 0.6) is 5.75 Å². The number of fused-ring (bicyclic) bond motifs is 2. The molecule has 0 radical (unpaired) electrons. The molecule has 0 fully saturated rings. The third-order valence-corrected chi connectivity index (χ3v) is 7.20. The standard InChI is InChI=1S/C24H24N2O5S/c1-32(28,29)19-9-6-15(7-10-19)16-8-11-21-17(12-16)13-18(30-21)14-25-24(27)23-20-4-2-3-5-22(20)31-26-23/h6-12,18H,2-5,13-14H2,1H3,(H,25,27)/t18-/m1/s1. The Hall–Kier alpha value is -3.13. The van der Waals surface area contributed by atoms with Crippen molar-refractivity contribution in [2.75, 3.05) is 12.8 Å².